The normalized spacial score (nSPS) is 18.8. The zero-order valence-corrected chi connectivity index (χ0v) is 17.0. The SMILES string of the molecule is CC(C)CN1CCN(C(=O)c2cc(C3CC3)nc3c2cnn3C(C)C)CC1. The Kier molecular flexibility index (Phi) is 4.93. The van der Waals surface area contributed by atoms with Gasteiger partial charge in [0.25, 0.3) is 5.91 Å². The van der Waals surface area contributed by atoms with E-state index in [2.05, 4.69) is 37.7 Å². The van der Waals surface area contributed by atoms with Crippen LogP contribution in [0.4, 0.5) is 0 Å². The molecule has 3 heterocycles. The third-order valence-corrected chi connectivity index (χ3v) is 5.58. The lowest BCUT2D eigenvalue weighted by molar-refractivity contribution is 0.0625. The van der Waals surface area contributed by atoms with Crippen LogP contribution in [0.15, 0.2) is 12.3 Å². The molecule has 27 heavy (non-hydrogen) atoms. The quantitative estimate of drug-likeness (QED) is 0.811. The molecule has 0 unspecified atom stereocenters. The summed E-state index contributed by atoms with van der Waals surface area (Å²) in [5.74, 6) is 1.31. The van der Waals surface area contributed by atoms with E-state index in [1.165, 1.54) is 12.8 Å². The molecule has 1 aliphatic heterocycles. The van der Waals surface area contributed by atoms with Crippen LogP contribution in [0.25, 0.3) is 11.0 Å². The van der Waals surface area contributed by atoms with E-state index < -0.39 is 0 Å². The third-order valence-electron chi connectivity index (χ3n) is 5.58. The number of carbonyl (C=O) groups excluding carboxylic acids is 1. The molecule has 0 N–H and O–H groups in total. The first-order chi connectivity index (χ1) is 12.9. The lowest BCUT2D eigenvalue weighted by Gasteiger charge is -2.35. The smallest absolute Gasteiger partial charge is 0.254 e. The molecular weight excluding hydrogens is 338 g/mol. The minimum absolute atomic E-state index is 0.136. The highest BCUT2D eigenvalue weighted by Crippen LogP contribution is 2.40. The van der Waals surface area contributed by atoms with Crippen molar-refractivity contribution in [1.29, 1.82) is 0 Å². The molecule has 0 bridgehead atoms. The van der Waals surface area contributed by atoms with E-state index in [0.29, 0.717) is 11.8 Å². The largest absolute Gasteiger partial charge is 0.336 e. The Hall–Kier alpha value is -1.95. The van der Waals surface area contributed by atoms with E-state index in [4.69, 9.17) is 4.98 Å². The molecule has 0 atom stereocenters. The molecule has 1 saturated carbocycles. The lowest BCUT2D eigenvalue weighted by Crippen LogP contribution is -2.49. The van der Waals surface area contributed by atoms with E-state index in [1.807, 2.05) is 21.8 Å². The van der Waals surface area contributed by atoms with Crippen LogP contribution in [0.5, 0.6) is 0 Å². The number of rotatable bonds is 5. The number of nitrogens with zero attached hydrogens (tertiary/aromatic N) is 5. The summed E-state index contributed by atoms with van der Waals surface area (Å²) in [6.45, 7) is 13.3. The molecule has 1 amide bonds. The predicted molar refractivity (Wildman–Crippen MR) is 107 cm³/mol. The van der Waals surface area contributed by atoms with Gasteiger partial charge in [-0.25, -0.2) is 9.67 Å². The zero-order valence-electron chi connectivity index (χ0n) is 17.0. The maximum atomic E-state index is 13.4. The molecule has 4 rings (SSSR count). The second-order valence-electron chi connectivity index (χ2n) is 8.78. The number of hydrogen-bond donors (Lipinski definition) is 0. The summed E-state index contributed by atoms with van der Waals surface area (Å²) < 4.78 is 1.94. The van der Waals surface area contributed by atoms with Crippen LogP contribution in [0, 0.1) is 5.92 Å². The summed E-state index contributed by atoms with van der Waals surface area (Å²) in [7, 11) is 0. The van der Waals surface area contributed by atoms with Crippen molar-refractivity contribution in [2.24, 2.45) is 5.92 Å². The number of piperazine rings is 1. The summed E-state index contributed by atoms with van der Waals surface area (Å²) in [4.78, 5) is 22.7. The van der Waals surface area contributed by atoms with E-state index in [9.17, 15) is 4.79 Å². The Morgan fingerprint density at radius 3 is 2.44 bits per heavy atom. The monoisotopic (exact) mass is 369 g/mol. The van der Waals surface area contributed by atoms with Gasteiger partial charge in [0.15, 0.2) is 5.65 Å². The molecular formula is C21H31N5O. The molecule has 1 saturated heterocycles. The number of carbonyl (C=O) groups is 1. The number of aromatic nitrogens is 3. The Morgan fingerprint density at radius 2 is 1.85 bits per heavy atom. The van der Waals surface area contributed by atoms with Gasteiger partial charge < -0.3 is 4.90 Å². The topological polar surface area (TPSA) is 54.3 Å². The predicted octanol–water partition coefficient (Wildman–Crippen LogP) is 3.30. The maximum absolute atomic E-state index is 13.4. The highest BCUT2D eigenvalue weighted by atomic mass is 16.2. The van der Waals surface area contributed by atoms with Crippen molar-refractivity contribution in [3.8, 4) is 0 Å². The molecule has 0 spiro atoms. The molecule has 1 aliphatic carbocycles. The first-order valence-electron chi connectivity index (χ1n) is 10.3. The second kappa shape index (κ2) is 7.23. The Bertz CT molecular complexity index is 828. The minimum atomic E-state index is 0.136. The van der Waals surface area contributed by atoms with Crippen molar-refractivity contribution < 1.29 is 4.79 Å². The fraction of sp³-hybridized carbons (Fsp3) is 0.667. The second-order valence-corrected chi connectivity index (χ2v) is 8.78. The first-order valence-corrected chi connectivity index (χ1v) is 10.3. The van der Waals surface area contributed by atoms with Crippen molar-refractivity contribution in [3.63, 3.8) is 0 Å². The van der Waals surface area contributed by atoms with Gasteiger partial charge >= 0.3 is 0 Å². The molecule has 146 valence electrons. The lowest BCUT2D eigenvalue weighted by atomic mass is 10.1. The first kappa shape index (κ1) is 18.4. The average molecular weight is 370 g/mol. The summed E-state index contributed by atoms with van der Waals surface area (Å²) in [6.07, 6.45) is 4.17. The minimum Gasteiger partial charge on any atom is -0.336 e. The summed E-state index contributed by atoms with van der Waals surface area (Å²) in [5.41, 5.74) is 2.70. The van der Waals surface area contributed by atoms with Gasteiger partial charge in [0, 0.05) is 50.4 Å². The number of fused-ring (bicyclic) bond motifs is 1. The van der Waals surface area contributed by atoms with Crippen molar-refractivity contribution in [2.75, 3.05) is 32.7 Å². The van der Waals surface area contributed by atoms with Crippen LogP contribution in [-0.4, -0.2) is 63.2 Å². The Balaban J connectivity index is 1.62. The Labute approximate surface area is 161 Å². The Morgan fingerprint density at radius 1 is 1.15 bits per heavy atom. The van der Waals surface area contributed by atoms with E-state index in [-0.39, 0.29) is 11.9 Å². The number of amides is 1. The van der Waals surface area contributed by atoms with E-state index >= 15 is 0 Å². The van der Waals surface area contributed by atoms with Crippen LogP contribution in [0.2, 0.25) is 0 Å². The van der Waals surface area contributed by atoms with Crippen LogP contribution >= 0.6 is 0 Å². The molecule has 2 aliphatic rings. The average Bonchev–Trinajstić information content (AvgIpc) is 3.39. The van der Waals surface area contributed by atoms with Gasteiger partial charge in [-0.1, -0.05) is 13.8 Å². The van der Waals surface area contributed by atoms with Crippen LogP contribution < -0.4 is 0 Å². The molecule has 2 aromatic rings. The number of hydrogen-bond acceptors (Lipinski definition) is 4. The highest BCUT2D eigenvalue weighted by Gasteiger charge is 2.30. The summed E-state index contributed by atoms with van der Waals surface area (Å²) in [6, 6.07) is 2.27. The van der Waals surface area contributed by atoms with Gasteiger partial charge in [-0.2, -0.15) is 5.10 Å². The van der Waals surface area contributed by atoms with Crippen molar-refractivity contribution in [2.45, 2.75) is 52.5 Å². The van der Waals surface area contributed by atoms with Gasteiger partial charge in [0.2, 0.25) is 0 Å². The molecule has 6 nitrogen and oxygen atoms in total. The third kappa shape index (κ3) is 3.72. The summed E-state index contributed by atoms with van der Waals surface area (Å²) in [5, 5.41) is 5.42. The van der Waals surface area contributed by atoms with Crippen molar-refractivity contribution in [3.05, 3.63) is 23.5 Å². The molecule has 0 aromatic carbocycles. The van der Waals surface area contributed by atoms with E-state index in [0.717, 1.165) is 55.0 Å². The highest BCUT2D eigenvalue weighted by molar-refractivity contribution is 6.05. The van der Waals surface area contributed by atoms with Crippen LogP contribution in [0.3, 0.4) is 0 Å². The number of pyridine rings is 1. The van der Waals surface area contributed by atoms with Gasteiger partial charge in [-0.3, -0.25) is 9.69 Å². The molecule has 2 fully saturated rings. The summed E-state index contributed by atoms with van der Waals surface area (Å²) >= 11 is 0. The fourth-order valence-electron chi connectivity index (χ4n) is 4.00. The van der Waals surface area contributed by atoms with Crippen LogP contribution in [0.1, 0.15) is 68.5 Å². The molecule has 2 aromatic heterocycles. The zero-order chi connectivity index (χ0) is 19.1. The maximum Gasteiger partial charge on any atom is 0.254 e. The van der Waals surface area contributed by atoms with Crippen molar-refractivity contribution >= 4 is 16.9 Å². The van der Waals surface area contributed by atoms with E-state index in [1.54, 1.807) is 0 Å². The molecule has 0 radical (unpaired) electrons. The van der Waals surface area contributed by atoms with Crippen molar-refractivity contribution in [1.82, 2.24) is 24.6 Å². The van der Waals surface area contributed by atoms with Gasteiger partial charge in [0.1, 0.15) is 0 Å². The van der Waals surface area contributed by atoms with Crippen LogP contribution in [-0.2, 0) is 0 Å². The standard InChI is InChI=1S/C21H31N5O/c1-14(2)13-24-7-9-25(10-8-24)21(27)17-11-19(16-5-6-16)23-20-18(17)12-22-26(20)15(3)4/h11-12,14-16H,5-10,13H2,1-4H3. The van der Waals surface area contributed by atoms with Gasteiger partial charge in [0.05, 0.1) is 17.1 Å². The molecule has 6 heteroatoms. The van der Waals surface area contributed by atoms with Gasteiger partial charge in [-0.15, -0.1) is 0 Å². The van der Waals surface area contributed by atoms with Gasteiger partial charge in [-0.05, 0) is 38.7 Å². The fourth-order valence-corrected chi connectivity index (χ4v) is 4.00.